The molecule has 1 fully saturated rings. The molecule has 0 spiro atoms. The van der Waals surface area contributed by atoms with Crippen LogP contribution in [0.3, 0.4) is 0 Å². The van der Waals surface area contributed by atoms with E-state index in [1.54, 1.807) is 0 Å². The Hall–Kier alpha value is -0.570. The fourth-order valence-electron chi connectivity index (χ4n) is 1.37. The molecular weight excluding hydrogens is 166 g/mol. The van der Waals surface area contributed by atoms with Gasteiger partial charge in [0.25, 0.3) is 0 Å². The van der Waals surface area contributed by atoms with E-state index in [0.29, 0.717) is 12.6 Å². The van der Waals surface area contributed by atoms with Gasteiger partial charge in [0.2, 0.25) is 5.91 Å². The maximum absolute atomic E-state index is 11.9. The second kappa shape index (κ2) is 3.66. The number of nitrogens with zero attached hydrogens (tertiary/aromatic N) is 1. The Morgan fingerprint density at radius 3 is 2.31 bits per heavy atom. The van der Waals surface area contributed by atoms with Crippen LogP contribution in [0.15, 0.2) is 0 Å². The van der Waals surface area contributed by atoms with Crippen LogP contribution >= 0.6 is 0 Å². The third-order valence-corrected chi connectivity index (χ3v) is 2.23. The number of carbonyl (C=O) groups excluding carboxylic acids is 1. The van der Waals surface area contributed by atoms with Crippen molar-refractivity contribution < 1.29 is 9.90 Å². The second-order valence-electron chi connectivity index (χ2n) is 4.70. The first-order valence-electron chi connectivity index (χ1n) is 4.88. The van der Waals surface area contributed by atoms with Crippen LogP contribution in [-0.4, -0.2) is 35.1 Å². The highest BCUT2D eigenvalue weighted by atomic mass is 16.3. The molecule has 0 aliphatic heterocycles. The van der Waals surface area contributed by atoms with Gasteiger partial charge >= 0.3 is 0 Å². The van der Waals surface area contributed by atoms with Crippen LogP contribution in [0.2, 0.25) is 0 Å². The monoisotopic (exact) mass is 185 g/mol. The Morgan fingerprint density at radius 2 is 2.00 bits per heavy atom. The van der Waals surface area contributed by atoms with Gasteiger partial charge < -0.3 is 10.0 Å². The predicted octanol–water partition coefficient (Wildman–Crippen LogP) is 1.02. The molecule has 1 N–H and O–H groups in total. The van der Waals surface area contributed by atoms with Gasteiger partial charge in [-0.2, -0.15) is 0 Å². The van der Waals surface area contributed by atoms with Gasteiger partial charge in [-0.3, -0.25) is 4.79 Å². The van der Waals surface area contributed by atoms with E-state index in [1.807, 2.05) is 25.7 Å². The van der Waals surface area contributed by atoms with Gasteiger partial charge in [-0.15, -0.1) is 0 Å². The summed E-state index contributed by atoms with van der Waals surface area (Å²) in [4.78, 5) is 13.7. The molecule has 0 aromatic heterocycles. The van der Waals surface area contributed by atoms with Gasteiger partial charge in [-0.1, -0.05) is 20.8 Å². The van der Waals surface area contributed by atoms with Crippen LogP contribution in [0.1, 0.15) is 33.6 Å². The molecule has 0 saturated heterocycles. The van der Waals surface area contributed by atoms with Gasteiger partial charge in [0.05, 0.1) is 6.61 Å². The fraction of sp³-hybridized carbons (Fsp3) is 0.900. The smallest absolute Gasteiger partial charge is 0.228 e. The molecule has 0 unspecified atom stereocenters. The van der Waals surface area contributed by atoms with Crippen molar-refractivity contribution in [2.45, 2.75) is 39.7 Å². The Bertz CT molecular complexity index is 192. The van der Waals surface area contributed by atoms with E-state index in [0.717, 1.165) is 12.8 Å². The van der Waals surface area contributed by atoms with Crippen LogP contribution in [-0.2, 0) is 4.79 Å². The van der Waals surface area contributed by atoms with Crippen LogP contribution in [0.4, 0.5) is 0 Å². The molecule has 0 atom stereocenters. The van der Waals surface area contributed by atoms with Gasteiger partial charge in [0, 0.05) is 18.0 Å². The van der Waals surface area contributed by atoms with Crippen LogP contribution in [0.5, 0.6) is 0 Å². The molecule has 0 radical (unpaired) electrons. The van der Waals surface area contributed by atoms with E-state index in [9.17, 15) is 4.79 Å². The molecular formula is C10H19NO2. The summed E-state index contributed by atoms with van der Waals surface area (Å²) in [7, 11) is 0. The zero-order chi connectivity index (χ0) is 10.1. The van der Waals surface area contributed by atoms with E-state index in [1.165, 1.54) is 0 Å². The van der Waals surface area contributed by atoms with Crippen molar-refractivity contribution in [2.24, 2.45) is 5.41 Å². The second-order valence-corrected chi connectivity index (χ2v) is 4.70. The van der Waals surface area contributed by atoms with Crippen molar-refractivity contribution in [3.63, 3.8) is 0 Å². The lowest BCUT2D eigenvalue weighted by Gasteiger charge is -2.28. The minimum Gasteiger partial charge on any atom is -0.395 e. The van der Waals surface area contributed by atoms with Crippen molar-refractivity contribution in [3.8, 4) is 0 Å². The Balaban J connectivity index is 2.58. The van der Waals surface area contributed by atoms with Crippen LogP contribution < -0.4 is 0 Å². The van der Waals surface area contributed by atoms with Crippen molar-refractivity contribution in [3.05, 3.63) is 0 Å². The maximum atomic E-state index is 11.9. The highest BCUT2D eigenvalue weighted by molar-refractivity contribution is 5.82. The first-order chi connectivity index (χ1) is 5.96. The third-order valence-electron chi connectivity index (χ3n) is 2.23. The van der Waals surface area contributed by atoms with Crippen molar-refractivity contribution in [1.82, 2.24) is 4.90 Å². The molecule has 13 heavy (non-hydrogen) atoms. The van der Waals surface area contributed by atoms with Gasteiger partial charge in [0.1, 0.15) is 0 Å². The summed E-state index contributed by atoms with van der Waals surface area (Å²) in [6.07, 6.45) is 2.20. The zero-order valence-electron chi connectivity index (χ0n) is 8.71. The predicted molar refractivity (Wildman–Crippen MR) is 51.3 cm³/mol. The minimum atomic E-state index is -0.322. The standard InChI is InChI=1S/C10H19NO2/c1-10(2,3)9(13)11(6-7-12)8-4-5-8/h8,12H,4-7H2,1-3H3. The molecule has 1 rings (SSSR count). The van der Waals surface area contributed by atoms with E-state index in [4.69, 9.17) is 5.11 Å². The summed E-state index contributed by atoms with van der Waals surface area (Å²) in [6, 6.07) is 0.402. The summed E-state index contributed by atoms with van der Waals surface area (Å²) in [6.45, 7) is 6.31. The normalized spacial score (nSPS) is 17.2. The van der Waals surface area contributed by atoms with Crippen LogP contribution in [0, 0.1) is 5.41 Å². The quantitative estimate of drug-likeness (QED) is 0.713. The Labute approximate surface area is 79.7 Å². The highest BCUT2D eigenvalue weighted by Gasteiger charge is 2.36. The molecule has 1 saturated carbocycles. The average Bonchev–Trinajstić information content (AvgIpc) is 2.79. The molecule has 0 bridgehead atoms. The minimum absolute atomic E-state index is 0.0678. The maximum Gasteiger partial charge on any atom is 0.228 e. The third kappa shape index (κ3) is 2.69. The van der Waals surface area contributed by atoms with Gasteiger partial charge in [-0.25, -0.2) is 0 Å². The summed E-state index contributed by atoms with van der Waals surface area (Å²) in [5, 5.41) is 8.83. The molecule has 3 nitrogen and oxygen atoms in total. The molecule has 76 valence electrons. The molecule has 1 amide bonds. The van der Waals surface area contributed by atoms with E-state index >= 15 is 0 Å². The fourth-order valence-corrected chi connectivity index (χ4v) is 1.37. The topological polar surface area (TPSA) is 40.5 Å². The lowest BCUT2D eigenvalue weighted by Crippen LogP contribution is -2.42. The summed E-state index contributed by atoms with van der Waals surface area (Å²) >= 11 is 0. The number of rotatable bonds is 3. The van der Waals surface area contributed by atoms with Gasteiger partial charge in [0.15, 0.2) is 0 Å². The van der Waals surface area contributed by atoms with Crippen LogP contribution in [0.25, 0.3) is 0 Å². The van der Waals surface area contributed by atoms with Crippen molar-refractivity contribution in [1.29, 1.82) is 0 Å². The Kier molecular flexibility index (Phi) is 2.96. The first kappa shape index (κ1) is 10.5. The van der Waals surface area contributed by atoms with E-state index in [2.05, 4.69) is 0 Å². The summed E-state index contributed by atoms with van der Waals surface area (Å²) in [5.74, 6) is 0.157. The largest absolute Gasteiger partial charge is 0.395 e. The lowest BCUT2D eigenvalue weighted by molar-refractivity contribution is -0.140. The number of carbonyl (C=O) groups is 1. The number of hydrogen-bond acceptors (Lipinski definition) is 2. The van der Waals surface area contributed by atoms with E-state index < -0.39 is 0 Å². The molecule has 0 aromatic carbocycles. The number of hydrogen-bond donors (Lipinski definition) is 1. The molecule has 1 aliphatic rings. The molecule has 0 heterocycles. The van der Waals surface area contributed by atoms with Gasteiger partial charge in [-0.05, 0) is 12.8 Å². The number of aliphatic hydroxyl groups excluding tert-OH is 1. The van der Waals surface area contributed by atoms with Crippen molar-refractivity contribution in [2.75, 3.05) is 13.2 Å². The average molecular weight is 185 g/mol. The number of aliphatic hydroxyl groups is 1. The summed E-state index contributed by atoms with van der Waals surface area (Å²) in [5.41, 5.74) is -0.322. The SMILES string of the molecule is CC(C)(C)C(=O)N(CCO)C1CC1. The number of amides is 1. The zero-order valence-corrected chi connectivity index (χ0v) is 8.71. The molecule has 3 heteroatoms. The van der Waals surface area contributed by atoms with Crippen molar-refractivity contribution >= 4 is 5.91 Å². The lowest BCUT2D eigenvalue weighted by atomic mass is 9.94. The van der Waals surface area contributed by atoms with E-state index in [-0.39, 0.29) is 17.9 Å². The first-order valence-corrected chi connectivity index (χ1v) is 4.88. The molecule has 1 aliphatic carbocycles. The highest BCUT2D eigenvalue weighted by Crippen LogP contribution is 2.30. The molecule has 0 aromatic rings. The Morgan fingerprint density at radius 1 is 1.46 bits per heavy atom. The summed E-state index contributed by atoms with van der Waals surface area (Å²) < 4.78 is 0.